The van der Waals surface area contributed by atoms with Crippen LogP contribution in [0.4, 0.5) is 48.3 Å². The molecule has 7 amide bonds. The molecule has 0 aliphatic carbocycles. The van der Waals surface area contributed by atoms with Gasteiger partial charge in [-0.3, -0.25) is 33.6 Å². The number of aryl methyl sites for hydroxylation is 1. The molecule has 4 aromatic heterocycles. The smallest absolute Gasteiger partial charge is 0.394 e. The summed E-state index contributed by atoms with van der Waals surface area (Å²) in [5.74, 6) is -5.13. The highest BCUT2D eigenvalue weighted by Crippen LogP contribution is 2.28. The number of amides is 7. The zero-order valence-electron chi connectivity index (χ0n) is 78.9. The first-order valence-corrected chi connectivity index (χ1v) is 39.6. The number of para-hydroxylation sites is 1. The highest BCUT2D eigenvalue weighted by atomic mass is 19.4. The average molecular weight is 1790 g/mol. The van der Waals surface area contributed by atoms with Gasteiger partial charge in [0.05, 0.1) is 72.2 Å². The minimum Gasteiger partial charge on any atom is -0.394 e. The molecule has 1 saturated heterocycles. The number of nitrogens with one attached hydrogen (secondary N) is 7. The van der Waals surface area contributed by atoms with Crippen molar-refractivity contribution in [1.29, 1.82) is 0 Å². The molecule has 1 aromatic carbocycles. The van der Waals surface area contributed by atoms with Gasteiger partial charge >= 0.3 is 30.9 Å². The summed E-state index contributed by atoms with van der Waals surface area (Å²) in [5.41, 5.74) is 1.28. The van der Waals surface area contributed by atoms with Crippen molar-refractivity contribution in [3.8, 4) is 0 Å². The quantitative estimate of drug-likeness (QED) is 0.0549. The first-order valence-electron chi connectivity index (χ1n) is 39.6. The minimum atomic E-state index is -4.78. The van der Waals surface area contributed by atoms with E-state index in [4.69, 9.17) is 9.47 Å². The topological polar surface area (TPSA) is 406 Å². The molecule has 712 valence electrons. The number of alkyl halides is 11. The average Bonchev–Trinajstić information content (AvgIpc) is 1.78. The summed E-state index contributed by atoms with van der Waals surface area (Å²) in [5, 5.41) is 78.6. The molecule has 0 radical (unpaired) electrons. The molecule has 5 aromatic rings. The van der Waals surface area contributed by atoms with Gasteiger partial charge in [-0.2, -0.15) is 48.3 Å². The summed E-state index contributed by atoms with van der Waals surface area (Å²) < 4.78 is 146. The summed E-state index contributed by atoms with van der Waals surface area (Å²) in [6.07, 6.45) is -16.9. The Morgan fingerprint density at radius 2 is 0.854 bits per heavy atom. The van der Waals surface area contributed by atoms with Crippen LogP contribution in [0, 0.1) is 18.8 Å². The van der Waals surface area contributed by atoms with Crippen LogP contribution in [0.1, 0.15) is 279 Å². The largest absolute Gasteiger partial charge is 0.471 e. The van der Waals surface area contributed by atoms with Gasteiger partial charge in [0, 0.05) is 70.1 Å². The van der Waals surface area contributed by atoms with Crippen molar-refractivity contribution in [2.45, 2.75) is 387 Å². The van der Waals surface area contributed by atoms with Gasteiger partial charge in [0.2, 0.25) is 29.5 Å². The van der Waals surface area contributed by atoms with Crippen molar-refractivity contribution in [2.75, 3.05) is 6.61 Å². The van der Waals surface area contributed by atoms with E-state index in [-0.39, 0.29) is 76.0 Å². The second-order valence-corrected chi connectivity index (χ2v) is 39.1. The Labute approximate surface area is 718 Å². The van der Waals surface area contributed by atoms with Gasteiger partial charge in [-0.05, 0) is 227 Å². The molecule has 123 heavy (non-hydrogen) atoms. The van der Waals surface area contributed by atoms with E-state index in [9.17, 15) is 97.2 Å². The fourth-order valence-corrected chi connectivity index (χ4v) is 8.51. The molecule has 0 spiro atoms. The third kappa shape index (κ3) is 63.9. The predicted molar refractivity (Wildman–Crippen MR) is 448 cm³/mol. The number of aliphatic hydroxyl groups excluding tert-OH is 3. The van der Waals surface area contributed by atoms with E-state index in [2.05, 4.69) is 115 Å². The highest BCUT2D eigenvalue weighted by Gasteiger charge is 2.43. The van der Waals surface area contributed by atoms with Crippen molar-refractivity contribution >= 4 is 52.4 Å². The van der Waals surface area contributed by atoms with Gasteiger partial charge in [0.15, 0.2) is 6.29 Å². The standard InChI is InChI=1S/C14H25N3O5.C13H16N6.C8H17NO.2C7H12F3NO.C7H13N3.C7H15NO.C6H10F3NO.C6H11F2NO.C6H13NO/c1-8-10(6-18)22-13(12(20)11(8)19)21-7-9-5-17(16-15-9)14(2,3)4;1-13(2,3)19-9-10(14-17-19)8-18-12-7-5-4-6-11(12)15-16-18;1-6(2)7(10)9-8(3,4)5;2*1-6(2,3)11-5(12)4-7(8,9)10;1-6-5-10(9-8-6)7(2,3)4;1-5-6(9)8-7(2,3)4;1-5(2,3)10-4(11)6(7,8)9;1-6(2,3)9-5(10)4(7)8;1-5(8)7-6(2,3)4/h5,8,10-13,18-20H,6-7H2,1-4H3;4-7,9H,8H2,1-3H3;6H,1-5H3,(H,9,10);2*4H2,1-3H3,(H,11,12);5H,1-4H3;5H2,1-4H3,(H,8,9);1-3H3,(H,10,11);4H,1-3H3,(H,9,10);1-4H3,(H,7,8)/t8-,10+,11-,12+,13+;;;;;;;;;/m0........./s1. The van der Waals surface area contributed by atoms with E-state index in [1.165, 1.54) is 27.7 Å². The van der Waals surface area contributed by atoms with E-state index in [1.54, 1.807) is 85.4 Å². The summed E-state index contributed by atoms with van der Waals surface area (Å²) in [6, 6.07) is 7.89. The van der Waals surface area contributed by atoms with Crippen molar-refractivity contribution < 1.29 is 107 Å². The molecule has 0 saturated carbocycles. The number of fused-ring (bicyclic) bond motifs is 1. The first-order chi connectivity index (χ1) is 54.6. The molecule has 42 heteroatoms. The van der Waals surface area contributed by atoms with Gasteiger partial charge in [-0.25, -0.2) is 18.7 Å². The van der Waals surface area contributed by atoms with Gasteiger partial charge in [-0.1, -0.05) is 60.7 Å². The summed E-state index contributed by atoms with van der Waals surface area (Å²) in [6.45, 7) is 66.7. The number of halogens is 11. The van der Waals surface area contributed by atoms with E-state index in [1.807, 2.05) is 161 Å². The SMILES string of the molecule is CC(=O)NC(C)(C)C.CC(C)(C)NC(=O)C(F)(F)F.CC(C)(C)NC(=O)C(F)F.CC(C)(C)NC(=O)CC(F)(F)F.CC(C)(C)NC(=O)CC(F)(F)F.CC(C)(C)n1cc(Cn2nnc3ccccc32)nn1.CC(C)C(=O)NC(C)(C)C.CCC(=O)NC(C)(C)C.C[C@@H]1[C@H](O)[C@@H](O)[C@H](OCc2cn(C(C)(C)C)nn2)O[C@@H]1CO.Cc1cn(C(C)(C)C)nn1. The van der Waals surface area contributed by atoms with Crippen LogP contribution in [0.25, 0.3) is 11.0 Å². The maximum atomic E-state index is 11.6. The first kappa shape index (κ1) is 121. The Morgan fingerprint density at radius 1 is 0.488 bits per heavy atom. The van der Waals surface area contributed by atoms with Crippen LogP contribution < -0.4 is 37.2 Å². The third-order valence-electron chi connectivity index (χ3n) is 13.7. The molecular weight excluding hydrogens is 1640 g/mol. The molecule has 1 aliphatic heterocycles. The van der Waals surface area contributed by atoms with Crippen LogP contribution in [0.5, 0.6) is 0 Å². The van der Waals surface area contributed by atoms with Crippen LogP contribution in [0.3, 0.4) is 0 Å². The lowest BCUT2D eigenvalue weighted by molar-refractivity contribution is -0.291. The lowest BCUT2D eigenvalue weighted by atomic mass is 9.91. The molecule has 0 unspecified atom stereocenters. The number of aliphatic hydroxyl groups is 3. The Hall–Kier alpha value is -8.64. The summed E-state index contributed by atoms with van der Waals surface area (Å²) in [4.78, 5) is 73.9. The molecule has 1 aliphatic rings. The zero-order valence-corrected chi connectivity index (χ0v) is 78.9. The van der Waals surface area contributed by atoms with Gasteiger partial charge in [0.1, 0.15) is 35.9 Å². The number of ether oxygens (including phenoxy) is 2. The van der Waals surface area contributed by atoms with Crippen LogP contribution >= 0.6 is 0 Å². The molecule has 10 N–H and O–H groups in total. The minimum absolute atomic E-state index is 0.0255. The normalized spacial score (nSPS) is 15.9. The zero-order chi connectivity index (χ0) is 98.0. The maximum absolute atomic E-state index is 11.6. The van der Waals surface area contributed by atoms with Crippen molar-refractivity contribution in [3.63, 3.8) is 0 Å². The van der Waals surface area contributed by atoms with Crippen LogP contribution in [0.15, 0.2) is 42.9 Å². The highest BCUT2D eigenvalue weighted by molar-refractivity contribution is 5.82. The van der Waals surface area contributed by atoms with Gasteiger partial charge in [0.25, 0.3) is 5.91 Å². The Kier molecular flexibility index (Phi) is 49.5. The van der Waals surface area contributed by atoms with E-state index in [0.29, 0.717) is 18.7 Å². The summed E-state index contributed by atoms with van der Waals surface area (Å²) in [7, 11) is 0. The number of aromatic nitrogens is 12. The number of carbonyl (C=O) groups excluding carboxylic acids is 7. The van der Waals surface area contributed by atoms with Crippen molar-refractivity contribution in [2.24, 2.45) is 11.8 Å². The number of hydrogen-bond acceptors (Lipinski definition) is 20. The number of rotatable bonds is 11. The fraction of sp³-hybridized carbons (Fsp3) is 0.765. The second-order valence-electron chi connectivity index (χ2n) is 39.1. The Balaban J connectivity index is -0.000000652. The Morgan fingerprint density at radius 3 is 1.13 bits per heavy atom. The van der Waals surface area contributed by atoms with Gasteiger partial charge in [-0.15, -0.1) is 20.4 Å². The molecular formula is C81H144F11N19O12. The lowest BCUT2D eigenvalue weighted by Crippen LogP contribution is -2.55. The van der Waals surface area contributed by atoms with Crippen LogP contribution in [0.2, 0.25) is 0 Å². The predicted octanol–water partition coefficient (Wildman–Crippen LogP) is 12.9. The lowest BCUT2D eigenvalue weighted by Gasteiger charge is -2.40. The van der Waals surface area contributed by atoms with E-state index >= 15 is 0 Å². The second kappa shape index (κ2) is 50.5. The van der Waals surface area contributed by atoms with E-state index < -0.39 is 108 Å². The number of nitrogens with zero attached hydrogens (tertiary/aromatic N) is 12. The fourth-order valence-electron chi connectivity index (χ4n) is 8.51. The molecule has 31 nitrogen and oxygen atoms in total. The number of hydrogen-bond donors (Lipinski definition) is 10. The van der Waals surface area contributed by atoms with E-state index in [0.717, 1.165) is 22.4 Å². The molecule has 1 fully saturated rings. The third-order valence-corrected chi connectivity index (χ3v) is 13.7. The summed E-state index contributed by atoms with van der Waals surface area (Å²) >= 11 is 0. The van der Waals surface area contributed by atoms with Gasteiger partial charge < -0.3 is 62.0 Å². The molecule has 6 rings (SSSR count). The monoisotopic (exact) mass is 1780 g/mol. The van der Waals surface area contributed by atoms with Crippen molar-refractivity contribution in [3.05, 3.63) is 59.9 Å². The Bertz CT molecular complexity index is 3810. The molecule has 5 atom stereocenters. The maximum Gasteiger partial charge on any atom is 0.471 e. The van der Waals surface area contributed by atoms with Crippen LogP contribution in [-0.2, 0) is 72.8 Å². The van der Waals surface area contributed by atoms with Crippen LogP contribution in [-0.4, -0.2) is 212 Å². The number of benzene rings is 1. The number of carbonyl (C=O) groups is 7. The van der Waals surface area contributed by atoms with Crippen molar-refractivity contribution in [1.82, 2.24) is 97.2 Å². The molecule has 5 heterocycles. The molecule has 0 bridgehead atoms.